The molecule has 2 atom stereocenters. The third kappa shape index (κ3) is 2.86. The summed E-state index contributed by atoms with van der Waals surface area (Å²) in [6.07, 6.45) is 1.35. The van der Waals surface area contributed by atoms with Crippen molar-refractivity contribution in [3.8, 4) is 0 Å². The van der Waals surface area contributed by atoms with Crippen molar-refractivity contribution in [3.05, 3.63) is 35.9 Å². The molecular formula is C12H18Br2N2. The lowest BCUT2D eigenvalue weighted by Crippen LogP contribution is -2.42. The molecule has 2 heterocycles. The molecule has 0 amide bonds. The summed E-state index contributed by atoms with van der Waals surface area (Å²) >= 11 is 0. The van der Waals surface area contributed by atoms with Gasteiger partial charge in [-0.15, -0.1) is 34.0 Å². The zero-order valence-electron chi connectivity index (χ0n) is 9.13. The van der Waals surface area contributed by atoms with Crippen molar-refractivity contribution >= 4 is 34.0 Å². The summed E-state index contributed by atoms with van der Waals surface area (Å²) in [5.74, 6) is 0. The van der Waals surface area contributed by atoms with E-state index in [1.807, 2.05) is 0 Å². The monoisotopic (exact) mass is 348 g/mol. The Morgan fingerprint density at radius 2 is 1.94 bits per heavy atom. The van der Waals surface area contributed by atoms with Crippen LogP contribution in [0.1, 0.15) is 12.0 Å². The second kappa shape index (κ2) is 6.15. The molecule has 2 fully saturated rings. The lowest BCUT2D eigenvalue weighted by Gasteiger charge is -2.27. The van der Waals surface area contributed by atoms with Crippen molar-refractivity contribution in [2.24, 2.45) is 0 Å². The number of nitrogens with zero attached hydrogens (tertiary/aromatic N) is 1. The largest absolute Gasteiger partial charge is 0.311 e. The Bertz CT molecular complexity index is 318. The lowest BCUT2D eigenvalue weighted by atomic mass is 10.2. The summed E-state index contributed by atoms with van der Waals surface area (Å²) in [5.41, 5.74) is 1.44. The minimum Gasteiger partial charge on any atom is -0.311 e. The standard InChI is InChI=1S/C12H16N2.2BrH/c1-2-4-10(5-3-1)8-14-9-11-6-12(14)7-13-11;;/h1-5,11-13H,6-9H2;2*1H/t11-,12+;;/m0../s1. The van der Waals surface area contributed by atoms with Crippen molar-refractivity contribution in [1.82, 2.24) is 10.2 Å². The molecule has 3 rings (SSSR count). The number of nitrogens with one attached hydrogen (secondary N) is 1. The number of piperazine rings is 1. The van der Waals surface area contributed by atoms with Crippen molar-refractivity contribution < 1.29 is 0 Å². The summed E-state index contributed by atoms with van der Waals surface area (Å²) in [6.45, 7) is 3.56. The summed E-state index contributed by atoms with van der Waals surface area (Å²) in [5, 5.41) is 3.53. The summed E-state index contributed by atoms with van der Waals surface area (Å²) < 4.78 is 0. The maximum absolute atomic E-state index is 3.53. The van der Waals surface area contributed by atoms with Gasteiger partial charge in [0, 0.05) is 31.7 Å². The van der Waals surface area contributed by atoms with Crippen molar-refractivity contribution in [2.75, 3.05) is 13.1 Å². The van der Waals surface area contributed by atoms with E-state index in [-0.39, 0.29) is 34.0 Å². The number of hydrogen-bond acceptors (Lipinski definition) is 2. The fraction of sp³-hybridized carbons (Fsp3) is 0.500. The highest BCUT2D eigenvalue weighted by molar-refractivity contribution is 8.93. The van der Waals surface area contributed by atoms with E-state index >= 15 is 0 Å². The molecule has 2 aliphatic rings. The van der Waals surface area contributed by atoms with Crippen LogP contribution in [-0.2, 0) is 6.54 Å². The van der Waals surface area contributed by atoms with Crippen LogP contribution in [0, 0.1) is 0 Å². The van der Waals surface area contributed by atoms with Gasteiger partial charge >= 0.3 is 0 Å². The Labute approximate surface area is 118 Å². The highest BCUT2D eigenvalue weighted by Gasteiger charge is 2.36. The lowest BCUT2D eigenvalue weighted by molar-refractivity contribution is 0.218. The minimum atomic E-state index is 0. The number of halogens is 2. The normalized spacial score (nSPS) is 27.2. The van der Waals surface area contributed by atoms with Crippen LogP contribution >= 0.6 is 34.0 Å². The molecule has 2 saturated heterocycles. The van der Waals surface area contributed by atoms with E-state index < -0.39 is 0 Å². The predicted molar refractivity (Wildman–Crippen MR) is 77.7 cm³/mol. The number of rotatable bonds is 2. The third-order valence-electron chi connectivity index (χ3n) is 3.40. The second-order valence-corrected chi connectivity index (χ2v) is 4.41. The van der Waals surface area contributed by atoms with Gasteiger partial charge in [-0.25, -0.2) is 0 Å². The van der Waals surface area contributed by atoms with Gasteiger partial charge in [-0.3, -0.25) is 4.90 Å². The van der Waals surface area contributed by atoms with Gasteiger partial charge in [-0.1, -0.05) is 30.3 Å². The second-order valence-electron chi connectivity index (χ2n) is 4.41. The van der Waals surface area contributed by atoms with E-state index in [0.29, 0.717) is 0 Å². The van der Waals surface area contributed by atoms with Crippen LogP contribution in [0.2, 0.25) is 0 Å². The van der Waals surface area contributed by atoms with E-state index in [4.69, 9.17) is 0 Å². The van der Waals surface area contributed by atoms with Gasteiger partial charge in [-0.05, 0) is 12.0 Å². The Balaban J connectivity index is 0.000000640. The van der Waals surface area contributed by atoms with Crippen LogP contribution in [0.4, 0.5) is 0 Å². The SMILES string of the molecule is Br.Br.c1ccc(CN2C[C@@H]3C[C@@H]2CN3)cc1. The Morgan fingerprint density at radius 1 is 1.19 bits per heavy atom. The van der Waals surface area contributed by atoms with Gasteiger partial charge < -0.3 is 5.32 Å². The molecule has 16 heavy (non-hydrogen) atoms. The fourth-order valence-electron chi connectivity index (χ4n) is 2.66. The first-order chi connectivity index (χ1) is 6.92. The summed E-state index contributed by atoms with van der Waals surface area (Å²) in [6, 6.07) is 12.3. The fourth-order valence-corrected chi connectivity index (χ4v) is 2.66. The number of benzene rings is 1. The predicted octanol–water partition coefficient (Wildman–Crippen LogP) is 2.39. The van der Waals surface area contributed by atoms with Crippen molar-refractivity contribution in [2.45, 2.75) is 25.0 Å². The number of likely N-dealkylation sites (tertiary alicyclic amines) is 1. The molecule has 0 aromatic heterocycles. The molecule has 4 heteroatoms. The van der Waals surface area contributed by atoms with Gasteiger partial charge in [-0.2, -0.15) is 0 Å². The van der Waals surface area contributed by atoms with Gasteiger partial charge in [0.05, 0.1) is 0 Å². The van der Waals surface area contributed by atoms with E-state index in [9.17, 15) is 0 Å². The van der Waals surface area contributed by atoms with Crippen LogP contribution in [-0.4, -0.2) is 30.1 Å². The molecule has 0 aliphatic carbocycles. The summed E-state index contributed by atoms with van der Waals surface area (Å²) in [4.78, 5) is 2.61. The molecule has 0 radical (unpaired) electrons. The van der Waals surface area contributed by atoms with Gasteiger partial charge in [0.1, 0.15) is 0 Å². The smallest absolute Gasteiger partial charge is 0.0240 e. The molecule has 0 spiro atoms. The topological polar surface area (TPSA) is 15.3 Å². The molecule has 90 valence electrons. The Hall–Kier alpha value is 0.100. The zero-order chi connectivity index (χ0) is 9.38. The first-order valence-electron chi connectivity index (χ1n) is 5.43. The van der Waals surface area contributed by atoms with Crippen molar-refractivity contribution in [1.29, 1.82) is 0 Å². The third-order valence-corrected chi connectivity index (χ3v) is 3.40. The Morgan fingerprint density at radius 3 is 2.50 bits per heavy atom. The average molecular weight is 350 g/mol. The molecule has 2 aliphatic heterocycles. The zero-order valence-corrected chi connectivity index (χ0v) is 12.6. The molecular weight excluding hydrogens is 332 g/mol. The van der Waals surface area contributed by atoms with Crippen LogP contribution < -0.4 is 5.32 Å². The van der Waals surface area contributed by atoms with Gasteiger partial charge in [0.2, 0.25) is 0 Å². The molecule has 1 aromatic carbocycles. The first kappa shape index (κ1) is 14.2. The van der Waals surface area contributed by atoms with Gasteiger partial charge in [0.15, 0.2) is 0 Å². The van der Waals surface area contributed by atoms with Crippen LogP contribution in [0.3, 0.4) is 0 Å². The average Bonchev–Trinajstić information content (AvgIpc) is 2.81. The number of hydrogen-bond donors (Lipinski definition) is 1. The molecule has 2 nitrogen and oxygen atoms in total. The first-order valence-corrected chi connectivity index (χ1v) is 5.43. The summed E-state index contributed by atoms with van der Waals surface area (Å²) in [7, 11) is 0. The van der Waals surface area contributed by atoms with E-state index in [2.05, 4.69) is 40.5 Å². The van der Waals surface area contributed by atoms with Crippen molar-refractivity contribution in [3.63, 3.8) is 0 Å². The van der Waals surface area contributed by atoms with Crippen LogP contribution in [0.15, 0.2) is 30.3 Å². The van der Waals surface area contributed by atoms with E-state index in [1.165, 1.54) is 25.1 Å². The van der Waals surface area contributed by atoms with Gasteiger partial charge in [0.25, 0.3) is 0 Å². The van der Waals surface area contributed by atoms with E-state index in [1.54, 1.807) is 0 Å². The maximum Gasteiger partial charge on any atom is 0.0240 e. The maximum atomic E-state index is 3.53. The molecule has 1 aromatic rings. The molecule has 0 unspecified atom stereocenters. The molecule has 1 N–H and O–H groups in total. The Kier molecular flexibility index (Phi) is 5.44. The quantitative estimate of drug-likeness (QED) is 0.881. The minimum absolute atomic E-state index is 0. The van der Waals surface area contributed by atoms with Crippen LogP contribution in [0.25, 0.3) is 0 Å². The number of fused-ring (bicyclic) bond motifs is 2. The highest BCUT2D eigenvalue weighted by atomic mass is 79.9. The highest BCUT2D eigenvalue weighted by Crippen LogP contribution is 2.24. The molecule has 2 bridgehead atoms. The van der Waals surface area contributed by atoms with Crippen LogP contribution in [0.5, 0.6) is 0 Å². The van der Waals surface area contributed by atoms with E-state index in [0.717, 1.165) is 18.6 Å². The molecule has 0 saturated carbocycles.